The maximum Gasteiger partial charge on any atom is 0.321 e. The van der Waals surface area contributed by atoms with E-state index in [2.05, 4.69) is 20.6 Å². The molecule has 116 valence electrons. The molecule has 0 aliphatic heterocycles. The molecule has 4 N–H and O–H groups in total. The van der Waals surface area contributed by atoms with Gasteiger partial charge in [-0.3, -0.25) is 5.32 Å². The van der Waals surface area contributed by atoms with Crippen molar-refractivity contribution < 1.29 is 14.9 Å². The largest absolute Gasteiger partial charge is 0.334 e. The number of carbonyl (C=O) groups excluding carboxylic acids is 1. The number of nitrogens with one attached hydrogen (secondary N) is 3. The quantitative estimate of drug-likeness (QED) is 0.555. The van der Waals surface area contributed by atoms with E-state index in [1.807, 2.05) is 30.3 Å². The molecule has 8 heteroatoms. The van der Waals surface area contributed by atoms with Crippen LogP contribution in [0.3, 0.4) is 0 Å². The zero-order chi connectivity index (χ0) is 16.2. The maximum absolute atomic E-state index is 11.9. The van der Waals surface area contributed by atoms with Crippen molar-refractivity contribution in [1.82, 2.24) is 15.3 Å². The Kier molecular flexibility index (Phi) is 3.88. The van der Waals surface area contributed by atoms with Crippen molar-refractivity contribution in [2.45, 2.75) is 6.54 Å². The zero-order valence-corrected chi connectivity index (χ0v) is 12.0. The molecular weight excluding hydrogens is 298 g/mol. The summed E-state index contributed by atoms with van der Waals surface area (Å²) in [6.07, 6.45) is 0. The summed E-state index contributed by atoms with van der Waals surface area (Å²) in [5.74, 6) is 0.248. The summed E-state index contributed by atoms with van der Waals surface area (Å²) in [6, 6.07) is 13.5. The number of nitrogens with zero attached hydrogens (tertiary/aromatic N) is 2. The minimum atomic E-state index is -0.402. The number of aromatic nitrogens is 2. The van der Waals surface area contributed by atoms with E-state index >= 15 is 0 Å². The average molecular weight is 312 g/mol. The number of amides is 2. The van der Waals surface area contributed by atoms with E-state index in [0.717, 1.165) is 5.56 Å². The van der Waals surface area contributed by atoms with Crippen LogP contribution in [0.25, 0.3) is 11.0 Å². The maximum atomic E-state index is 11.9. The van der Waals surface area contributed by atoms with Gasteiger partial charge in [-0.25, -0.2) is 15.0 Å². The Bertz CT molecular complexity index is 860. The number of fused-ring (bicyclic) bond motifs is 1. The summed E-state index contributed by atoms with van der Waals surface area (Å²) in [6.45, 7) is 0.396. The number of H-pyrrole nitrogens is 1. The standard InChI is InChI=1S/C15H13N5O3/c21-15(16-9-10-4-2-1-3-5-10)19-14-17-12-7-6-11(20(22)23)8-13(12)18-14/h1-8H,9H2,(H3-,16,17,18,19,21,22,23)/p+1. The van der Waals surface area contributed by atoms with E-state index in [0.29, 0.717) is 17.6 Å². The molecule has 0 aliphatic rings. The molecule has 0 aliphatic carbocycles. The smallest absolute Gasteiger partial charge is 0.321 e. The van der Waals surface area contributed by atoms with Crippen LogP contribution in [-0.2, 0) is 6.54 Å². The van der Waals surface area contributed by atoms with Gasteiger partial charge in [-0.15, -0.1) is 0 Å². The van der Waals surface area contributed by atoms with Gasteiger partial charge in [0.25, 0.3) is 4.92 Å². The highest BCUT2D eigenvalue weighted by atomic mass is 16.6. The Morgan fingerprint density at radius 1 is 1.22 bits per heavy atom. The summed E-state index contributed by atoms with van der Waals surface area (Å²) < 4.78 is 0. The Labute approximate surface area is 130 Å². The van der Waals surface area contributed by atoms with Crippen LogP contribution in [0.5, 0.6) is 0 Å². The van der Waals surface area contributed by atoms with Gasteiger partial charge in [-0.05, 0) is 11.6 Å². The van der Waals surface area contributed by atoms with E-state index < -0.39 is 6.03 Å². The van der Waals surface area contributed by atoms with Crippen molar-refractivity contribution in [1.29, 1.82) is 0 Å². The normalized spacial score (nSPS) is 10.4. The molecule has 3 rings (SSSR count). The minimum absolute atomic E-state index is 0.0706. The highest BCUT2D eigenvalue weighted by molar-refractivity contribution is 5.90. The molecular formula is C15H14N5O3+. The molecule has 2 amide bonds. The molecule has 8 nitrogen and oxygen atoms in total. The fourth-order valence-electron chi connectivity index (χ4n) is 2.11. The van der Waals surface area contributed by atoms with E-state index in [9.17, 15) is 9.70 Å². The molecule has 0 bridgehead atoms. The highest BCUT2D eigenvalue weighted by Gasteiger charge is 2.14. The average Bonchev–Trinajstić information content (AvgIpc) is 2.95. The summed E-state index contributed by atoms with van der Waals surface area (Å²) in [7, 11) is 0. The second-order valence-electron chi connectivity index (χ2n) is 4.85. The van der Waals surface area contributed by atoms with E-state index in [1.165, 1.54) is 12.1 Å². The first-order valence-electron chi connectivity index (χ1n) is 6.86. The molecule has 0 spiro atoms. The number of benzene rings is 2. The third kappa shape index (κ3) is 3.43. The number of hydrogen-bond donors (Lipinski definition) is 4. The number of carbonyl (C=O) groups is 1. The van der Waals surface area contributed by atoms with Crippen molar-refractivity contribution in [2.24, 2.45) is 0 Å². The van der Waals surface area contributed by atoms with Crippen LogP contribution in [0.2, 0.25) is 0 Å². The van der Waals surface area contributed by atoms with Crippen molar-refractivity contribution in [3.8, 4) is 0 Å². The Balaban J connectivity index is 1.66. The van der Waals surface area contributed by atoms with Crippen LogP contribution in [0.4, 0.5) is 16.4 Å². The predicted octanol–water partition coefficient (Wildman–Crippen LogP) is 2.68. The lowest BCUT2D eigenvalue weighted by atomic mass is 10.2. The first-order chi connectivity index (χ1) is 11.1. The predicted molar refractivity (Wildman–Crippen MR) is 83.5 cm³/mol. The number of hydrogen-bond acceptors (Lipinski definition) is 3. The molecule has 0 saturated carbocycles. The van der Waals surface area contributed by atoms with Crippen LogP contribution in [0, 0.1) is 4.91 Å². The lowest BCUT2D eigenvalue weighted by Crippen LogP contribution is -2.28. The van der Waals surface area contributed by atoms with E-state index in [4.69, 9.17) is 5.21 Å². The molecule has 1 heterocycles. The van der Waals surface area contributed by atoms with E-state index in [1.54, 1.807) is 6.07 Å². The number of rotatable bonds is 4. The summed E-state index contributed by atoms with van der Waals surface area (Å²) in [5, 5.41) is 14.2. The number of aromatic amines is 1. The van der Waals surface area contributed by atoms with Gasteiger partial charge in [0.2, 0.25) is 5.95 Å². The van der Waals surface area contributed by atoms with Crippen molar-refractivity contribution in [2.75, 3.05) is 5.32 Å². The zero-order valence-electron chi connectivity index (χ0n) is 12.0. The van der Waals surface area contributed by atoms with Crippen LogP contribution in [0.1, 0.15) is 5.56 Å². The topological polar surface area (TPSA) is 110 Å². The lowest BCUT2D eigenvalue weighted by molar-refractivity contribution is -0.729. The molecule has 0 atom stereocenters. The number of urea groups is 1. The second kappa shape index (κ2) is 6.14. The third-order valence-corrected chi connectivity index (χ3v) is 3.21. The monoisotopic (exact) mass is 312 g/mol. The number of imidazole rings is 1. The fraction of sp³-hybridized carbons (Fsp3) is 0.0667. The Morgan fingerprint density at radius 3 is 2.74 bits per heavy atom. The lowest BCUT2D eigenvalue weighted by Gasteiger charge is -2.05. The van der Waals surface area contributed by atoms with Gasteiger partial charge >= 0.3 is 11.7 Å². The molecule has 0 saturated heterocycles. The van der Waals surface area contributed by atoms with Crippen LogP contribution >= 0.6 is 0 Å². The molecule has 1 aromatic heterocycles. The Hall–Kier alpha value is -3.42. The van der Waals surface area contributed by atoms with Gasteiger partial charge in [0.05, 0.1) is 15.9 Å². The van der Waals surface area contributed by atoms with Crippen molar-refractivity contribution in [3.63, 3.8) is 0 Å². The van der Waals surface area contributed by atoms with Crippen molar-refractivity contribution in [3.05, 3.63) is 59.0 Å². The van der Waals surface area contributed by atoms with E-state index in [-0.39, 0.29) is 16.6 Å². The highest BCUT2D eigenvalue weighted by Crippen LogP contribution is 2.20. The van der Waals surface area contributed by atoms with Gasteiger partial charge in [0, 0.05) is 18.7 Å². The fourth-order valence-corrected chi connectivity index (χ4v) is 2.11. The number of anilines is 1. The molecule has 0 radical (unpaired) electrons. The molecule has 23 heavy (non-hydrogen) atoms. The molecule has 0 fully saturated rings. The van der Waals surface area contributed by atoms with Crippen LogP contribution in [-0.4, -0.2) is 26.1 Å². The molecule has 2 aromatic carbocycles. The van der Waals surface area contributed by atoms with Gasteiger partial charge in [-0.2, -0.15) is 0 Å². The first kappa shape index (κ1) is 14.5. The van der Waals surface area contributed by atoms with Crippen LogP contribution < -0.4 is 10.6 Å². The van der Waals surface area contributed by atoms with Crippen LogP contribution in [0.15, 0.2) is 48.5 Å². The molecule has 0 unspecified atom stereocenters. The van der Waals surface area contributed by atoms with Gasteiger partial charge in [0.15, 0.2) is 0 Å². The second-order valence-corrected chi connectivity index (χ2v) is 4.85. The molecule has 3 aromatic rings. The van der Waals surface area contributed by atoms with Gasteiger partial charge in [-0.1, -0.05) is 30.3 Å². The minimum Gasteiger partial charge on any atom is -0.334 e. The summed E-state index contributed by atoms with van der Waals surface area (Å²) in [5.41, 5.74) is 2.14. The van der Waals surface area contributed by atoms with Crippen molar-refractivity contribution >= 4 is 28.7 Å². The summed E-state index contributed by atoms with van der Waals surface area (Å²) in [4.78, 5) is 29.5. The SMILES string of the molecule is O=C(NCc1ccccc1)Nc1nc2ccc([N+](=O)O)cc2[nH]1. The van der Waals surface area contributed by atoms with Gasteiger partial charge in [0.1, 0.15) is 0 Å². The third-order valence-electron chi connectivity index (χ3n) is 3.21. The Morgan fingerprint density at radius 2 is 2.00 bits per heavy atom. The summed E-state index contributed by atoms with van der Waals surface area (Å²) >= 11 is 0. The first-order valence-corrected chi connectivity index (χ1v) is 6.86. The van der Waals surface area contributed by atoms with Gasteiger partial charge < -0.3 is 10.3 Å².